The zero-order valence-electron chi connectivity index (χ0n) is 18.4. The van der Waals surface area contributed by atoms with Gasteiger partial charge in [-0.25, -0.2) is 8.78 Å². The van der Waals surface area contributed by atoms with Gasteiger partial charge in [0.15, 0.2) is 17.4 Å². The van der Waals surface area contributed by atoms with Crippen molar-refractivity contribution in [2.75, 3.05) is 0 Å². The first kappa shape index (κ1) is 22.9. The third-order valence-electron chi connectivity index (χ3n) is 8.49. The van der Waals surface area contributed by atoms with Crippen LogP contribution >= 0.6 is 0 Å². The minimum Gasteiger partial charge on any atom is -0.429 e. The summed E-state index contributed by atoms with van der Waals surface area (Å²) in [5, 5.41) is 0. The molecule has 1 nitrogen and oxygen atoms in total. The largest absolute Gasteiger partial charge is 0.429 e. The second-order valence-electron chi connectivity index (χ2n) is 10.3. The lowest BCUT2D eigenvalue weighted by Crippen LogP contribution is -2.21. The summed E-state index contributed by atoms with van der Waals surface area (Å²) in [6, 6.07) is 2.35. The quantitative estimate of drug-likeness (QED) is 0.386. The lowest BCUT2D eigenvalue weighted by Gasteiger charge is -2.34. The summed E-state index contributed by atoms with van der Waals surface area (Å²) < 4.78 is 56.7. The highest BCUT2D eigenvalue weighted by atomic mass is 19.3. The molecule has 3 saturated carbocycles. The van der Waals surface area contributed by atoms with Crippen molar-refractivity contribution < 1.29 is 22.3 Å². The van der Waals surface area contributed by atoms with E-state index in [1.54, 1.807) is 0 Å². The number of hydrogen-bond acceptors (Lipinski definition) is 1. The van der Waals surface area contributed by atoms with E-state index >= 15 is 0 Å². The molecule has 0 aromatic heterocycles. The van der Waals surface area contributed by atoms with Crippen LogP contribution in [0.5, 0.6) is 5.75 Å². The Balaban J connectivity index is 1.20. The smallest absolute Gasteiger partial charge is 0.387 e. The number of hydrogen-bond donors (Lipinski definition) is 0. The SMILES string of the molecule is Fc1cc([C@H]2CC[C@H](CC[C@H]3CC[C@H](C4CCCC4)CC3)CC2)cc(F)c1OC(F)F. The fourth-order valence-corrected chi connectivity index (χ4v) is 6.65. The van der Waals surface area contributed by atoms with E-state index in [9.17, 15) is 17.6 Å². The molecule has 0 radical (unpaired) electrons. The molecule has 0 amide bonds. The van der Waals surface area contributed by atoms with Crippen LogP contribution in [0.15, 0.2) is 12.1 Å². The Morgan fingerprint density at radius 2 is 1.19 bits per heavy atom. The molecule has 3 aliphatic rings. The molecule has 0 aliphatic heterocycles. The zero-order chi connectivity index (χ0) is 21.8. The summed E-state index contributed by atoms with van der Waals surface area (Å²) in [5.41, 5.74) is 0.570. The van der Waals surface area contributed by atoms with Gasteiger partial charge >= 0.3 is 6.61 Å². The molecule has 0 N–H and O–H groups in total. The highest BCUT2D eigenvalue weighted by Crippen LogP contribution is 2.44. The zero-order valence-corrected chi connectivity index (χ0v) is 18.4. The normalized spacial score (nSPS) is 30.1. The van der Waals surface area contributed by atoms with Crippen LogP contribution in [0.3, 0.4) is 0 Å². The maximum absolute atomic E-state index is 14.1. The van der Waals surface area contributed by atoms with Gasteiger partial charge in [0.1, 0.15) is 0 Å². The van der Waals surface area contributed by atoms with Crippen molar-refractivity contribution in [2.45, 2.75) is 102 Å². The summed E-state index contributed by atoms with van der Waals surface area (Å²) in [6.07, 6.45) is 18.1. The van der Waals surface area contributed by atoms with E-state index in [-0.39, 0.29) is 5.92 Å². The van der Waals surface area contributed by atoms with Gasteiger partial charge in [0, 0.05) is 0 Å². The maximum Gasteiger partial charge on any atom is 0.387 e. The third-order valence-corrected chi connectivity index (χ3v) is 8.49. The van der Waals surface area contributed by atoms with E-state index in [2.05, 4.69) is 4.74 Å². The van der Waals surface area contributed by atoms with E-state index in [0.717, 1.165) is 43.4 Å². The molecular weight excluding hydrogens is 404 g/mol. The molecule has 1 aromatic rings. The van der Waals surface area contributed by atoms with E-state index in [1.807, 2.05) is 0 Å². The maximum atomic E-state index is 14.1. The van der Waals surface area contributed by atoms with Gasteiger partial charge in [0.05, 0.1) is 0 Å². The fourth-order valence-electron chi connectivity index (χ4n) is 6.65. The first-order valence-corrected chi connectivity index (χ1v) is 12.4. The monoisotopic (exact) mass is 440 g/mol. The fraction of sp³-hybridized carbons (Fsp3) is 0.769. The van der Waals surface area contributed by atoms with Crippen LogP contribution < -0.4 is 4.74 Å². The summed E-state index contributed by atoms with van der Waals surface area (Å²) in [4.78, 5) is 0. The second kappa shape index (κ2) is 10.6. The first-order chi connectivity index (χ1) is 15.0. The summed E-state index contributed by atoms with van der Waals surface area (Å²) in [6.45, 7) is -3.23. The van der Waals surface area contributed by atoms with Crippen molar-refractivity contribution >= 4 is 0 Å². The van der Waals surface area contributed by atoms with Crippen LogP contribution in [-0.4, -0.2) is 6.61 Å². The Hall–Kier alpha value is -1.26. The summed E-state index contributed by atoms with van der Waals surface area (Å²) in [7, 11) is 0. The predicted molar refractivity (Wildman–Crippen MR) is 114 cm³/mol. The lowest BCUT2D eigenvalue weighted by molar-refractivity contribution is -0.0546. The van der Waals surface area contributed by atoms with Crippen molar-refractivity contribution in [1.29, 1.82) is 0 Å². The summed E-state index contributed by atoms with van der Waals surface area (Å²) >= 11 is 0. The van der Waals surface area contributed by atoms with Gasteiger partial charge in [-0.1, -0.05) is 51.4 Å². The average molecular weight is 441 g/mol. The third kappa shape index (κ3) is 5.96. The van der Waals surface area contributed by atoms with E-state index < -0.39 is 24.0 Å². The second-order valence-corrected chi connectivity index (χ2v) is 10.3. The van der Waals surface area contributed by atoms with Crippen molar-refractivity contribution in [3.05, 3.63) is 29.3 Å². The molecule has 1 aromatic carbocycles. The van der Waals surface area contributed by atoms with E-state index in [0.29, 0.717) is 11.5 Å². The van der Waals surface area contributed by atoms with Crippen LogP contribution in [-0.2, 0) is 0 Å². The van der Waals surface area contributed by atoms with Gasteiger partial charge < -0.3 is 4.74 Å². The number of halogens is 4. The van der Waals surface area contributed by atoms with Crippen LogP contribution in [0.1, 0.15) is 101 Å². The number of alkyl halides is 2. The van der Waals surface area contributed by atoms with Crippen molar-refractivity contribution in [2.24, 2.45) is 23.7 Å². The molecule has 0 saturated heterocycles. The Kier molecular flexibility index (Phi) is 7.81. The number of rotatable bonds is 7. The molecule has 174 valence electrons. The summed E-state index contributed by atoms with van der Waals surface area (Å²) in [5.74, 6) is 0.657. The minimum absolute atomic E-state index is 0.0997. The molecule has 0 heterocycles. The van der Waals surface area contributed by atoms with Crippen LogP contribution in [0.2, 0.25) is 0 Å². The Morgan fingerprint density at radius 1 is 0.710 bits per heavy atom. The van der Waals surface area contributed by atoms with Crippen LogP contribution in [0, 0.1) is 35.3 Å². The Bertz CT molecular complexity index is 676. The van der Waals surface area contributed by atoms with Crippen LogP contribution in [0.4, 0.5) is 17.6 Å². The Morgan fingerprint density at radius 3 is 1.71 bits per heavy atom. The molecule has 3 fully saturated rings. The average Bonchev–Trinajstić information content (AvgIpc) is 3.30. The number of benzene rings is 1. The molecule has 3 aliphatic carbocycles. The minimum atomic E-state index is -3.23. The first-order valence-electron chi connectivity index (χ1n) is 12.4. The van der Waals surface area contributed by atoms with Crippen molar-refractivity contribution in [3.8, 4) is 5.75 Å². The van der Waals surface area contributed by atoms with E-state index in [1.165, 1.54) is 76.3 Å². The van der Waals surface area contributed by atoms with Gasteiger partial charge in [0.2, 0.25) is 0 Å². The topological polar surface area (TPSA) is 9.23 Å². The molecule has 4 rings (SSSR count). The van der Waals surface area contributed by atoms with Gasteiger partial charge in [-0.2, -0.15) is 8.78 Å². The predicted octanol–water partition coefficient (Wildman–Crippen LogP) is 8.62. The lowest BCUT2D eigenvalue weighted by atomic mass is 9.72. The van der Waals surface area contributed by atoms with Crippen molar-refractivity contribution in [3.63, 3.8) is 0 Å². The molecule has 5 heteroatoms. The highest BCUT2D eigenvalue weighted by Gasteiger charge is 2.30. The van der Waals surface area contributed by atoms with Gasteiger partial charge in [-0.3, -0.25) is 0 Å². The Labute approximate surface area is 183 Å². The van der Waals surface area contributed by atoms with Gasteiger partial charge in [-0.15, -0.1) is 0 Å². The molecule has 0 spiro atoms. The standard InChI is InChI=1S/C26H36F4O/c27-23-15-22(16-24(28)25(23)31-26(29)30)21-13-9-18(10-14-21)6-5-17-7-11-20(12-8-17)19-3-1-2-4-19/h15-21,26H,1-14H2/t17-,18-,20-,21-. The van der Waals surface area contributed by atoms with Gasteiger partial charge in [-0.05, 0) is 85.8 Å². The molecular formula is C26H36F4O. The molecule has 0 atom stereocenters. The van der Waals surface area contributed by atoms with Crippen LogP contribution in [0.25, 0.3) is 0 Å². The molecule has 0 unspecified atom stereocenters. The highest BCUT2D eigenvalue weighted by molar-refractivity contribution is 5.33. The van der Waals surface area contributed by atoms with Gasteiger partial charge in [0.25, 0.3) is 0 Å². The molecule has 31 heavy (non-hydrogen) atoms. The molecule has 0 bridgehead atoms. The van der Waals surface area contributed by atoms with Crippen molar-refractivity contribution in [1.82, 2.24) is 0 Å². The van der Waals surface area contributed by atoms with E-state index in [4.69, 9.17) is 0 Å². The number of ether oxygens (including phenoxy) is 1.